The van der Waals surface area contributed by atoms with Crippen molar-refractivity contribution in [2.75, 3.05) is 12.0 Å². The Morgan fingerprint density at radius 3 is 2.33 bits per heavy atom. The highest BCUT2D eigenvalue weighted by Gasteiger charge is 1.92. The molecule has 12 heavy (non-hydrogen) atoms. The van der Waals surface area contributed by atoms with Gasteiger partial charge >= 0.3 is 0 Å². The van der Waals surface area contributed by atoms with Crippen LogP contribution in [0, 0.1) is 11.3 Å². The van der Waals surface area contributed by atoms with Crippen molar-refractivity contribution in [1.82, 2.24) is 0 Å². The Bertz CT molecular complexity index is 162. The summed E-state index contributed by atoms with van der Waals surface area (Å²) >= 11 is 0. The van der Waals surface area contributed by atoms with Crippen LogP contribution < -0.4 is 0 Å². The average molecular weight is 187 g/mol. The zero-order chi connectivity index (χ0) is 9.23. The number of rotatable bonds is 7. The summed E-state index contributed by atoms with van der Waals surface area (Å²) in [5.41, 5.74) is 0. The van der Waals surface area contributed by atoms with E-state index in [2.05, 4.69) is 6.07 Å². The summed E-state index contributed by atoms with van der Waals surface area (Å²) in [6, 6.07) is 2.13. The van der Waals surface area contributed by atoms with Crippen LogP contribution in [0.25, 0.3) is 0 Å². The van der Waals surface area contributed by atoms with Crippen LogP contribution in [-0.4, -0.2) is 16.2 Å². The second-order valence-corrected chi connectivity index (χ2v) is 4.51. The standard InChI is InChI=1S/C9H17NOS/c1-12(11)9-7-5-3-2-4-6-8-10/h2-7,9H2,1H3/t12-/m0/s1. The van der Waals surface area contributed by atoms with E-state index in [9.17, 15) is 4.21 Å². The van der Waals surface area contributed by atoms with Crippen molar-refractivity contribution in [1.29, 1.82) is 5.26 Å². The van der Waals surface area contributed by atoms with Crippen LogP contribution in [0.1, 0.15) is 38.5 Å². The highest BCUT2D eigenvalue weighted by Crippen LogP contribution is 2.04. The van der Waals surface area contributed by atoms with E-state index < -0.39 is 10.8 Å². The third-order valence-electron chi connectivity index (χ3n) is 1.72. The molecule has 0 unspecified atom stereocenters. The first-order valence-electron chi connectivity index (χ1n) is 4.44. The molecule has 0 fully saturated rings. The fourth-order valence-electron chi connectivity index (χ4n) is 1.04. The molecule has 0 saturated heterocycles. The van der Waals surface area contributed by atoms with E-state index in [4.69, 9.17) is 5.26 Å². The Balaban J connectivity index is 2.92. The van der Waals surface area contributed by atoms with E-state index in [1.807, 2.05) is 0 Å². The molecule has 0 spiro atoms. The molecule has 0 amide bonds. The molecule has 0 aromatic heterocycles. The van der Waals surface area contributed by atoms with E-state index in [1.165, 1.54) is 6.42 Å². The normalized spacial score (nSPS) is 12.3. The second kappa shape index (κ2) is 8.73. The topological polar surface area (TPSA) is 40.9 Å². The van der Waals surface area contributed by atoms with Crippen molar-refractivity contribution in [2.45, 2.75) is 38.5 Å². The lowest BCUT2D eigenvalue weighted by Gasteiger charge is -1.97. The molecular formula is C9H17NOS. The highest BCUT2D eigenvalue weighted by molar-refractivity contribution is 7.84. The Labute approximate surface area is 77.4 Å². The van der Waals surface area contributed by atoms with Gasteiger partial charge in [-0.1, -0.05) is 19.3 Å². The SMILES string of the molecule is C[S@](=O)CCCCCCCC#N. The molecule has 2 nitrogen and oxygen atoms in total. The van der Waals surface area contributed by atoms with Crippen molar-refractivity contribution >= 4 is 10.8 Å². The van der Waals surface area contributed by atoms with Gasteiger partial charge in [-0.25, -0.2) is 0 Å². The van der Waals surface area contributed by atoms with Gasteiger partial charge in [0.2, 0.25) is 0 Å². The summed E-state index contributed by atoms with van der Waals surface area (Å²) in [4.78, 5) is 0. The summed E-state index contributed by atoms with van der Waals surface area (Å²) in [5.74, 6) is 0.832. The summed E-state index contributed by atoms with van der Waals surface area (Å²) < 4.78 is 10.6. The van der Waals surface area contributed by atoms with Gasteiger partial charge in [-0.05, 0) is 12.8 Å². The Morgan fingerprint density at radius 1 is 1.17 bits per heavy atom. The lowest BCUT2D eigenvalue weighted by Crippen LogP contribution is -1.93. The van der Waals surface area contributed by atoms with E-state index >= 15 is 0 Å². The van der Waals surface area contributed by atoms with Gasteiger partial charge in [-0.2, -0.15) is 5.26 Å². The maximum atomic E-state index is 10.6. The van der Waals surface area contributed by atoms with E-state index in [-0.39, 0.29) is 0 Å². The molecule has 0 aromatic rings. The molecule has 0 heterocycles. The molecule has 0 aliphatic heterocycles. The van der Waals surface area contributed by atoms with Gasteiger partial charge in [-0.3, -0.25) is 4.21 Å². The summed E-state index contributed by atoms with van der Waals surface area (Å²) in [5, 5.41) is 8.25. The maximum absolute atomic E-state index is 10.6. The first kappa shape index (κ1) is 11.6. The fraction of sp³-hybridized carbons (Fsp3) is 0.889. The first-order chi connectivity index (χ1) is 5.77. The minimum absolute atomic E-state index is 0.627. The lowest BCUT2D eigenvalue weighted by atomic mass is 10.1. The van der Waals surface area contributed by atoms with Gasteiger partial charge < -0.3 is 0 Å². The van der Waals surface area contributed by atoms with Crippen LogP contribution in [-0.2, 0) is 10.8 Å². The summed E-state index contributed by atoms with van der Waals surface area (Å²) in [6.45, 7) is 0. The maximum Gasteiger partial charge on any atom is 0.0621 e. The van der Waals surface area contributed by atoms with Crippen LogP contribution in [0.5, 0.6) is 0 Å². The zero-order valence-corrected chi connectivity index (χ0v) is 8.53. The highest BCUT2D eigenvalue weighted by atomic mass is 32.2. The van der Waals surface area contributed by atoms with Gasteiger partial charge in [0.1, 0.15) is 0 Å². The molecule has 0 bridgehead atoms. The quantitative estimate of drug-likeness (QED) is 0.573. The third kappa shape index (κ3) is 9.64. The Morgan fingerprint density at radius 2 is 1.75 bits per heavy atom. The Hall–Kier alpha value is -0.360. The minimum Gasteiger partial charge on any atom is -0.260 e. The number of unbranched alkanes of at least 4 members (excludes halogenated alkanes) is 5. The minimum atomic E-state index is -0.627. The largest absolute Gasteiger partial charge is 0.260 e. The predicted molar refractivity (Wildman–Crippen MR) is 52.2 cm³/mol. The van der Waals surface area contributed by atoms with Crippen LogP contribution in [0.3, 0.4) is 0 Å². The average Bonchev–Trinajstić information content (AvgIpc) is 2.02. The van der Waals surface area contributed by atoms with Gasteiger partial charge in [0.15, 0.2) is 0 Å². The second-order valence-electron chi connectivity index (χ2n) is 2.95. The van der Waals surface area contributed by atoms with E-state index in [0.29, 0.717) is 6.42 Å². The number of nitriles is 1. The fourth-order valence-corrected chi connectivity index (χ4v) is 1.65. The van der Waals surface area contributed by atoms with Crippen molar-refractivity contribution in [3.05, 3.63) is 0 Å². The first-order valence-corrected chi connectivity index (χ1v) is 6.17. The molecule has 1 atom stereocenters. The summed E-state index contributed by atoms with van der Waals surface area (Å²) in [7, 11) is -0.627. The van der Waals surface area contributed by atoms with Crippen LogP contribution in [0.2, 0.25) is 0 Å². The van der Waals surface area contributed by atoms with E-state index in [1.54, 1.807) is 6.26 Å². The van der Waals surface area contributed by atoms with Crippen molar-refractivity contribution < 1.29 is 4.21 Å². The van der Waals surface area contributed by atoms with Crippen molar-refractivity contribution in [3.63, 3.8) is 0 Å². The molecule has 70 valence electrons. The van der Waals surface area contributed by atoms with Gasteiger partial charge in [0.05, 0.1) is 6.07 Å². The molecule has 0 saturated carbocycles. The van der Waals surface area contributed by atoms with Gasteiger partial charge in [0.25, 0.3) is 0 Å². The molecule has 0 N–H and O–H groups in total. The smallest absolute Gasteiger partial charge is 0.0621 e. The number of hydrogen-bond donors (Lipinski definition) is 0. The molecule has 0 aliphatic rings. The molecule has 3 heteroatoms. The van der Waals surface area contributed by atoms with Crippen LogP contribution >= 0.6 is 0 Å². The van der Waals surface area contributed by atoms with Crippen LogP contribution in [0.4, 0.5) is 0 Å². The molecule has 0 aliphatic carbocycles. The lowest BCUT2D eigenvalue weighted by molar-refractivity contribution is 0.636. The third-order valence-corrected chi connectivity index (χ3v) is 2.58. The number of nitrogens with zero attached hydrogens (tertiary/aromatic N) is 1. The monoisotopic (exact) mass is 187 g/mol. The zero-order valence-electron chi connectivity index (χ0n) is 7.71. The summed E-state index contributed by atoms with van der Waals surface area (Å²) in [6.07, 6.45) is 7.99. The van der Waals surface area contributed by atoms with Gasteiger partial charge in [-0.15, -0.1) is 0 Å². The van der Waals surface area contributed by atoms with E-state index in [0.717, 1.165) is 31.4 Å². The predicted octanol–water partition coefficient (Wildman–Crippen LogP) is 2.23. The molecule has 0 rings (SSSR count). The molecular weight excluding hydrogens is 170 g/mol. The van der Waals surface area contributed by atoms with Crippen molar-refractivity contribution in [2.24, 2.45) is 0 Å². The van der Waals surface area contributed by atoms with Crippen molar-refractivity contribution in [3.8, 4) is 6.07 Å². The Kier molecular flexibility index (Phi) is 8.47. The molecule has 0 radical (unpaired) electrons. The van der Waals surface area contributed by atoms with Gasteiger partial charge in [0, 0.05) is 29.2 Å². The number of hydrogen-bond acceptors (Lipinski definition) is 2. The molecule has 0 aromatic carbocycles. The van der Waals surface area contributed by atoms with Crippen LogP contribution in [0.15, 0.2) is 0 Å².